The Bertz CT molecular complexity index is 81.3. The smallest absolute Gasteiger partial charge is 0.0167 e. The normalized spacial score (nSPS) is 29.5. The standard InChI is InChI=1S/C8H14.C2H7N.C2H6/c1-3-7-5-2-6-8(7)4-1;1-3-2;1-2/h7-8H,1-6H2;3H,1-2H3;1-2H3. The van der Waals surface area contributed by atoms with Crippen LogP contribution < -0.4 is 5.32 Å². The minimum absolute atomic E-state index is 1.18. The highest BCUT2D eigenvalue weighted by Gasteiger charge is 2.30. The van der Waals surface area contributed by atoms with E-state index in [4.69, 9.17) is 0 Å². The Morgan fingerprint density at radius 3 is 1.23 bits per heavy atom. The third-order valence-corrected chi connectivity index (χ3v) is 2.97. The first-order chi connectivity index (χ1) is 6.38. The average molecular weight is 185 g/mol. The van der Waals surface area contributed by atoms with E-state index >= 15 is 0 Å². The predicted octanol–water partition coefficient (Wildman–Crippen LogP) is 3.45. The highest BCUT2D eigenvalue weighted by molar-refractivity contribution is 4.82. The van der Waals surface area contributed by atoms with Crippen molar-refractivity contribution in [3.05, 3.63) is 0 Å². The lowest BCUT2D eigenvalue weighted by Crippen LogP contribution is -1.95. The number of nitrogens with one attached hydrogen (secondary N) is 1. The molecule has 0 amide bonds. The summed E-state index contributed by atoms with van der Waals surface area (Å²) in [4.78, 5) is 0. The summed E-state index contributed by atoms with van der Waals surface area (Å²) < 4.78 is 0. The largest absolute Gasteiger partial charge is 0.323 e. The predicted molar refractivity (Wildman–Crippen MR) is 61.0 cm³/mol. The summed E-state index contributed by atoms with van der Waals surface area (Å²) in [6.07, 6.45) is 9.31. The number of rotatable bonds is 0. The summed E-state index contributed by atoms with van der Waals surface area (Å²) >= 11 is 0. The summed E-state index contributed by atoms with van der Waals surface area (Å²) in [5, 5.41) is 2.75. The molecule has 2 aliphatic carbocycles. The van der Waals surface area contributed by atoms with Crippen LogP contribution in [0.25, 0.3) is 0 Å². The van der Waals surface area contributed by atoms with Crippen molar-refractivity contribution in [2.24, 2.45) is 11.8 Å². The molecule has 2 aliphatic rings. The Labute approximate surface area is 84.3 Å². The first-order valence-corrected chi connectivity index (χ1v) is 5.97. The van der Waals surface area contributed by atoms with Crippen LogP contribution >= 0.6 is 0 Å². The number of fused-ring (bicyclic) bond motifs is 1. The van der Waals surface area contributed by atoms with Gasteiger partial charge >= 0.3 is 0 Å². The third-order valence-electron chi connectivity index (χ3n) is 2.97. The average Bonchev–Trinajstić information content (AvgIpc) is 2.69. The van der Waals surface area contributed by atoms with Crippen LogP contribution in [0.5, 0.6) is 0 Å². The van der Waals surface area contributed by atoms with E-state index in [2.05, 4.69) is 5.32 Å². The van der Waals surface area contributed by atoms with Gasteiger partial charge < -0.3 is 5.32 Å². The van der Waals surface area contributed by atoms with Gasteiger partial charge in [0, 0.05) is 0 Å². The van der Waals surface area contributed by atoms with Crippen molar-refractivity contribution in [1.29, 1.82) is 0 Å². The Hall–Kier alpha value is -0.0400. The summed E-state index contributed by atoms with van der Waals surface area (Å²) in [6.45, 7) is 4.00. The van der Waals surface area contributed by atoms with Crippen LogP contribution in [-0.4, -0.2) is 14.1 Å². The molecule has 1 N–H and O–H groups in total. The lowest BCUT2D eigenvalue weighted by atomic mass is 10.0. The SMILES string of the molecule is C1CC2CCCC2C1.CC.CNC. The van der Waals surface area contributed by atoms with Crippen LogP contribution in [0.3, 0.4) is 0 Å². The minimum Gasteiger partial charge on any atom is -0.323 e. The molecule has 13 heavy (non-hydrogen) atoms. The Kier molecular flexibility index (Phi) is 8.53. The van der Waals surface area contributed by atoms with Crippen molar-refractivity contribution in [3.8, 4) is 0 Å². The second-order valence-electron chi connectivity index (χ2n) is 3.88. The summed E-state index contributed by atoms with van der Waals surface area (Å²) in [7, 11) is 3.75. The van der Waals surface area contributed by atoms with Gasteiger partial charge in [-0.15, -0.1) is 0 Å². The molecule has 0 aromatic heterocycles. The fourth-order valence-electron chi connectivity index (χ4n) is 2.52. The van der Waals surface area contributed by atoms with E-state index in [1.807, 2.05) is 27.9 Å². The summed E-state index contributed by atoms with van der Waals surface area (Å²) in [5.74, 6) is 2.35. The van der Waals surface area contributed by atoms with Gasteiger partial charge in [0.2, 0.25) is 0 Å². The Morgan fingerprint density at radius 2 is 1.00 bits per heavy atom. The highest BCUT2D eigenvalue weighted by Crippen LogP contribution is 2.43. The molecule has 2 saturated carbocycles. The fourth-order valence-corrected chi connectivity index (χ4v) is 2.52. The first-order valence-electron chi connectivity index (χ1n) is 5.97. The zero-order valence-corrected chi connectivity index (χ0v) is 9.90. The second-order valence-corrected chi connectivity index (χ2v) is 3.88. The highest BCUT2D eigenvalue weighted by atomic mass is 14.7. The molecule has 0 aliphatic heterocycles. The van der Waals surface area contributed by atoms with Gasteiger partial charge in [0.25, 0.3) is 0 Å². The summed E-state index contributed by atoms with van der Waals surface area (Å²) in [5.41, 5.74) is 0. The maximum atomic E-state index is 2.75. The van der Waals surface area contributed by atoms with Crippen molar-refractivity contribution in [2.75, 3.05) is 14.1 Å². The molecule has 0 atom stereocenters. The minimum atomic E-state index is 1.18. The van der Waals surface area contributed by atoms with Gasteiger partial charge in [0.15, 0.2) is 0 Å². The quantitative estimate of drug-likeness (QED) is 0.609. The molecule has 1 heteroatoms. The zero-order valence-electron chi connectivity index (χ0n) is 9.90. The molecule has 0 spiro atoms. The Morgan fingerprint density at radius 1 is 0.769 bits per heavy atom. The lowest BCUT2D eigenvalue weighted by molar-refractivity contribution is 0.457. The van der Waals surface area contributed by atoms with Crippen molar-refractivity contribution in [2.45, 2.75) is 52.4 Å². The molecule has 0 radical (unpaired) electrons. The lowest BCUT2D eigenvalue weighted by Gasteiger charge is -2.04. The van der Waals surface area contributed by atoms with Gasteiger partial charge in [-0.2, -0.15) is 0 Å². The van der Waals surface area contributed by atoms with Gasteiger partial charge in [-0.05, 0) is 25.9 Å². The molecule has 0 heterocycles. The van der Waals surface area contributed by atoms with E-state index in [0.29, 0.717) is 0 Å². The molecular weight excluding hydrogens is 158 g/mol. The van der Waals surface area contributed by atoms with Crippen LogP contribution in [0.1, 0.15) is 52.4 Å². The van der Waals surface area contributed by atoms with Crippen molar-refractivity contribution >= 4 is 0 Å². The second kappa shape index (κ2) is 8.55. The molecular formula is C12H27N. The van der Waals surface area contributed by atoms with E-state index in [-0.39, 0.29) is 0 Å². The molecule has 80 valence electrons. The van der Waals surface area contributed by atoms with Gasteiger partial charge in [-0.3, -0.25) is 0 Å². The van der Waals surface area contributed by atoms with Crippen LogP contribution in [-0.2, 0) is 0 Å². The summed E-state index contributed by atoms with van der Waals surface area (Å²) in [6, 6.07) is 0. The maximum absolute atomic E-state index is 2.75. The van der Waals surface area contributed by atoms with Crippen molar-refractivity contribution in [3.63, 3.8) is 0 Å². The van der Waals surface area contributed by atoms with E-state index in [1.165, 1.54) is 24.7 Å². The fraction of sp³-hybridized carbons (Fsp3) is 1.00. The van der Waals surface area contributed by atoms with Crippen LogP contribution in [0, 0.1) is 11.8 Å². The van der Waals surface area contributed by atoms with E-state index in [1.54, 1.807) is 25.7 Å². The molecule has 0 saturated heterocycles. The van der Waals surface area contributed by atoms with E-state index in [0.717, 1.165) is 0 Å². The van der Waals surface area contributed by atoms with Crippen LogP contribution in [0.2, 0.25) is 0 Å². The number of hydrogen-bond acceptors (Lipinski definition) is 1. The van der Waals surface area contributed by atoms with Gasteiger partial charge in [-0.25, -0.2) is 0 Å². The van der Waals surface area contributed by atoms with Crippen LogP contribution in [0.4, 0.5) is 0 Å². The van der Waals surface area contributed by atoms with E-state index < -0.39 is 0 Å². The molecule has 0 aromatic rings. The molecule has 0 unspecified atom stereocenters. The molecule has 2 rings (SSSR count). The topological polar surface area (TPSA) is 12.0 Å². The van der Waals surface area contributed by atoms with Crippen molar-refractivity contribution in [1.82, 2.24) is 5.32 Å². The van der Waals surface area contributed by atoms with Crippen molar-refractivity contribution < 1.29 is 0 Å². The molecule has 2 fully saturated rings. The van der Waals surface area contributed by atoms with Crippen LogP contribution in [0.15, 0.2) is 0 Å². The van der Waals surface area contributed by atoms with Gasteiger partial charge in [-0.1, -0.05) is 52.4 Å². The number of hydrogen-bond donors (Lipinski definition) is 1. The van der Waals surface area contributed by atoms with Gasteiger partial charge in [0.05, 0.1) is 0 Å². The van der Waals surface area contributed by atoms with Gasteiger partial charge in [0.1, 0.15) is 0 Å². The Balaban J connectivity index is 0.000000251. The molecule has 0 aromatic carbocycles. The molecule has 1 nitrogen and oxygen atoms in total. The van der Waals surface area contributed by atoms with E-state index in [9.17, 15) is 0 Å². The maximum Gasteiger partial charge on any atom is -0.0167 e. The molecule has 0 bridgehead atoms. The zero-order chi connectivity index (χ0) is 10.1. The first kappa shape index (κ1) is 13.0. The third kappa shape index (κ3) is 4.66. The monoisotopic (exact) mass is 185 g/mol.